The number of amides is 3. The number of epoxide rings is 1. The summed E-state index contributed by atoms with van der Waals surface area (Å²) < 4.78 is 64.7. The molecule has 0 spiro atoms. The molecule has 4 atom stereocenters. The number of carbonyl (C=O) groups excluding carboxylic acids is 4. The summed E-state index contributed by atoms with van der Waals surface area (Å²) >= 11 is 0. The van der Waals surface area contributed by atoms with Gasteiger partial charge in [0.1, 0.15) is 29.7 Å². The van der Waals surface area contributed by atoms with Gasteiger partial charge in [0.25, 0.3) is 5.91 Å². The molecule has 1 saturated heterocycles. The van der Waals surface area contributed by atoms with E-state index >= 15 is 0 Å². The van der Waals surface area contributed by atoms with Crippen LogP contribution in [-0.4, -0.2) is 90.2 Å². The third-order valence-electron chi connectivity index (χ3n) is 5.86. The van der Waals surface area contributed by atoms with Gasteiger partial charge in [0.2, 0.25) is 11.8 Å². The SMILES string of the molecule is C[C@@]1(C(=O)[C@H](Cc2ccccc2)NC(=O)[C@H](COC(F)F)NC(=O)[C@H](COC(F)F)NC(=O)c2ccncn2)CO1. The molecule has 0 unspecified atom stereocenters. The molecule has 41 heavy (non-hydrogen) atoms. The fraction of sp³-hybridized carbons (Fsp3) is 0.440. The van der Waals surface area contributed by atoms with Gasteiger partial charge in [0.05, 0.1) is 25.9 Å². The Bertz CT molecular complexity index is 1190. The van der Waals surface area contributed by atoms with Gasteiger partial charge in [-0.25, -0.2) is 9.97 Å². The van der Waals surface area contributed by atoms with Crippen molar-refractivity contribution in [3.05, 3.63) is 60.2 Å². The number of hydrogen-bond acceptors (Lipinski definition) is 9. The molecular formula is C25H27F4N5O7. The maximum atomic E-state index is 13.2. The first kappa shape index (κ1) is 31.5. The Morgan fingerprint density at radius 1 is 0.902 bits per heavy atom. The molecule has 0 bridgehead atoms. The number of carbonyl (C=O) groups is 4. The smallest absolute Gasteiger partial charge is 0.345 e. The number of rotatable bonds is 16. The summed E-state index contributed by atoms with van der Waals surface area (Å²) in [5.74, 6) is -3.79. The van der Waals surface area contributed by atoms with E-state index < -0.39 is 73.7 Å². The highest BCUT2D eigenvalue weighted by molar-refractivity contribution is 5.99. The second-order valence-corrected chi connectivity index (χ2v) is 9.00. The number of ketones is 1. The van der Waals surface area contributed by atoms with Crippen LogP contribution in [0.1, 0.15) is 23.0 Å². The third-order valence-corrected chi connectivity index (χ3v) is 5.86. The number of ether oxygens (including phenoxy) is 3. The van der Waals surface area contributed by atoms with Gasteiger partial charge in [0.15, 0.2) is 5.78 Å². The van der Waals surface area contributed by atoms with Crippen LogP contribution in [0.5, 0.6) is 0 Å². The molecule has 16 heteroatoms. The van der Waals surface area contributed by atoms with Gasteiger partial charge in [-0.05, 0) is 25.0 Å². The largest absolute Gasteiger partial charge is 0.361 e. The minimum Gasteiger partial charge on any atom is -0.361 e. The molecule has 1 aromatic heterocycles. The summed E-state index contributed by atoms with van der Waals surface area (Å²) in [7, 11) is 0. The fourth-order valence-electron chi connectivity index (χ4n) is 3.58. The molecule has 0 saturated carbocycles. The standard InChI is InChI=1S/C25H27F4N5O7/c1-25(12-41-25)19(35)16(9-14-5-3-2-4-6-14)32-21(37)17(10-39-23(26)27)34-22(38)18(11-40-24(28)29)33-20(36)15-7-8-30-13-31-15/h2-8,13,16-18,23-24H,9-12H2,1H3,(H,32,37)(H,33,36)(H,34,38)/t16-,17-,18-,25-/m0/s1. The molecule has 2 aromatic rings. The van der Waals surface area contributed by atoms with Crippen molar-refractivity contribution in [3.63, 3.8) is 0 Å². The average Bonchev–Trinajstić information content (AvgIpc) is 3.71. The number of halogens is 4. The normalized spacial score (nSPS) is 18.3. The van der Waals surface area contributed by atoms with Crippen LogP contribution in [0.3, 0.4) is 0 Å². The molecule has 1 aliphatic heterocycles. The summed E-state index contributed by atoms with van der Waals surface area (Å²) in [5.41, 5.74) is -0.715. The van der Waals surface area contributed by atoms with Crippen molar-refractivity contribution < 1.29 is 51.0 Å². The molecule has 3 N–H and O–H groups in total. The zero-order valence-corrected chi connectivity index (χ0v) is 21.6. The van der Waals surface area contributed by atoms with Crippen molar-refractivity contribution in [1.82, 2.24) is 25.9 Å². The maximum Gasteiger partial charge on any atom is 0.345 e. The average molecular weight is 586 g/mol. The van der Waals surface area contributed by atoms with Crippen molar-refractivity contribution in [2.24, 2.45) is 0 Å². The van der Waals surface area contributed by atoms with Crippen LogP contribution in [0.15, 0.2) is 48.9 Å². The van der Waals surface area contributed by atoms with Crippen LogP contribution in [0.4, 0.5) is 17.6 Å². The summed E-state index contributed by atoms with van der Waals surface area (Å²) in [6, 6.07) is 4.93. The van der Waals surface area contributed by atoms with Gasteiger partial charge in [0, 0.05) is 6.20 Å². The summed E-state index contributed by atoms with van der Waals surface area (Å²) in [6.45, 7) is -7.13. The van der Waals surface area contributed by atoms with E-state index in [0.29, 0.717) is 5.56 Å². The second kappa shape index (κ2) is 14.6. The summed E-state index contributed by atoms with van der Waals surface area (Å²) in [4.78, 5) is 59.0. The van der Waals surface area contributed by atoms with E-state index in [9.17, 15) is 36.7 Å². The zero-order valence-electron chi connectivity index (χ0n) is 21.6. The van der Waals surface area contributed by atoms with Crippen molar-refractivity contribution in [1.29, 1.82) is 0 Å². The number of nitrogens with one attached hydrogen (secondary N) is 3. The Balaban J connectivity index is 1.77. The molecular weight excluding hydrogens is 558 g/mol. The van der Waals surface area contributed by atoms with Crippen molar-refractivity contribution in [2.45, 2.75) is 50.3 Å². The Labute approximate surface area is 231 Å². The number of hydrogen-bond donors (Lipinski definition) is 3. The van der Waals surface area contributed by atoms with Gasteiger partial charge in [-0.3, -0.25) is 19.2 Å². The van der Waals surface area contributed by atoms with Crippen LogP contribution >= 0.6 is 0 Å². The Kier molecular flexibility index (Phi) is 11.2. The highest BCUT2D eigenvalue weighted by Gasteiger charge is 2.50. The molecule has 3 rings (SSSR count). The van der Waals surface area contributed by atoms with Gasteiger partial charge in [-0.15, -0.1) is 0 Å². The highest BCUT2D eigenvalue weighted by atomic mass is 19.3. The van der Waals surface area contributed by atoms with Gasteiger partial charge in [-0.2, -0.15) is 17.6 Å². The Hall–Kier alpha value is -4.02. The van der Waals surface area contributed by atoms with Crippen LogP contribution in [0.2, 0.25) is 0 Å². The first-order valence-corrected chi connectivity index (χ1v) is 12.2. The van der Waals surface area contributed by atoms with Crippen LogP contribution in [-0.2, 0) is 35.0 Å². The lowest BCUT2D eigenvalue weighted by Crippen LogP contribution is -2.59. The van der Waals surface area contributed by atoms with Gasteiger partial charge < -0.3 is 30.2 Å². The topological polar surface area (TPSA) is 161 Å². The minimum atomic E-state index is -3.34. The first-order chi connectivity index (χ1) is 19.5. The second-order valence-electron chi connectivity index (χ2n) is 9.00. The maximum absolute atomic E-state index is 13.2. The van der Waals surface area contributed by atoms with Gasteiger partial charge in [-0.1, -0.05) is 30.3 Å². The molecule has 222 valence electrons. The monoisotopic (exact) mass is 585 g/mol. The van der Waals surface area contributed by atoms with Crippen molar-refractivity contribution in [2.75, 3.05) is 19.8 Å². The summed E-state index contributed by atoms with van der Waals surface area (Å²) in [6.07, 6.45) is 2.26. The molecule has 0 radical (unpaired) electrons. The number of aromatic nitrogens is 2. The van der Waals surface area contributed by atoms with Crippen LogP contribution < -0.4 is 16.0 Å². The zero-order chi connectivity index (χ0) is 30.0. The molecule has 0 aliphatic carbocycles. The Morgan fingerprint density at radius 2 is 1.46 bits per heavy atom. The minimum absolute atomic E-state index is 0.0145. The number of benzene rings is 1. The number of alkyl halides is 4. The predicted molar refractivity (Wildman–Crippen MR) is 131 cm³/mol. The van der Waals surface area contributed by atoms with E-state index in [4.69, 9.17) is 4.74 Å². The lowest BCUT2D eigenvalue weighted by Gasteiger charge is -2.25. The van der Waals surface area contributed by atoms with E-state index in [0.717, 1.165) is 6.33 Å². The molecule has 2 heterocycles. The van der Waals surface area contributed by atoms with E-state index in [1.54, 1.807) is 30.3 Å². The van der Waals surface area contributed by atoms with E-state index in [1.165, 1.54) is 19.2 Å². The molecule has 1 fully saturated rings. The van der Waals surface area contributed by atoms with Crippen molar-refractivity contribution >= 4 is 23.5 Å². The van der Waals surface area contributed by atoms with Crippen LogP contribution in [0.25, 0.3) is 0 Å². The number of Topliss-reactive ketones (excluding diaryl/α,β-unsaturated/α-hetero) is 1. The van der Waals surface area contributed by atoms with Crippen LogP contribution in [0, 0.1) is 0 Å². The quantitative estimate of drug-likeness (QED) is 0.190. The predicted octanol–water partition coefficient (Wildman–Crippen LogP) is 0.624. The van der Waals surface area contributed by atoms with E-state index in [1.807, 2.05) is 0 Å². The van der Waals surface area contributed by atoms with Crippen molar-refractivity contribution in [3.8, 4) is 0 Å². The highest BCUT2D eigenvalue weighted by Crippen LogP contribution is 2.29. The molecule has 1 aromatic carbocycles. The molecule has 3 amide bonds. The van der Waals surface area contributed by atoms with Gasteiger partial charge >= 0.3 is 13.2 Å². The number of nitrogens with zero attached hydrogens (tertiary/aromatic N) is 2. The first-order valence-electron chi connectivity index (χ1n) is 12.2. The Morgan fingerprint density at radius 3 is 1.98 bits per heavy atom. The third kappa shape index (κ3) is 9.84. The molecule has 1 aliphatic rings. The fourth-order valence-corrected chi connectivity index (χ4v) is 3.58. The summed E-state index contributed by atoms with van der Waals surface area (Å²) in [5, 5.41) is 6.65. The lowest BCUT2D eigenvalue weighted by atomic mass is 9.94. The van der Waals surface area contributed by atoms with E-state index in [-0.39, 0.29) is 18.7 Å². The lowest BCUT2D eigenvalue weighted by molar-refractivity contribution is -0.152. The molecule has 12 nitrogen and oxygen atoms in total. The van der Waals surface area contributed by atoms with E-state index in [2.05, 4.69) is 35.4 Å².